The Morgan fingerprint density at radius 1 is 1.36 bits per heavy atom. The van der Waals surface area contributed by atoms with Gasteiger partial charge in [-0.2, -0.15) is 0 Å². The molecule has 1 unspecified atom stereocenters. The highest BCUT2D eigenvalue weighted by Crippen LogP contribution is 2.25. The highest BCUT2D eigenvalue weighted by Gasteiger charge is 2.30. The van der Waals surface area contributed by atoms with Gasteiger partial charge in [-0.1, -0.05) is 6.07 Å². The van der Waals surface area contributed by atoms with E-state index in [9.17, 15) is 26.9 Å². The monoisotopic (exact) mass is 348 g/mol. The SMILES string of the molecule is Cc1c([N+](=O)[O-])cccc1S(=O)(=O)NC1CCCS(=O)(=O)C1. The van der Waals surface area contributed by atoms with Crippen LogP contribution < -0.4 is 4.72 Å². The van der Waals surface area contributed by atoms with Crippen LogP contribution >= 0.6 is 0 Å². The van der Waals surface area contributed by atoms with Crippen molar-refractivity contribution in [3.8, 4) is 0 Å². The minimum atomic E-state index is -4.02. The molecule has 1 aromatic rings. The van der Waals surface area contributed by atoms with Crippen molar-refractivity contribution in [2.24, 2.45) is 0 Å². The molecule has 1 heterocycles. The maximum atomic E-state index is 12.4. The molecule has 1 aliphatic heterocycles. The minimum absolute atomic E-state index is 0.0265. The van der Waals surface area contributed by atoms with Crippen molar-refractivity contribution in [2.45, 2.75) is 30.7 Å². The van der Waals surface area contributed by atoms with Gasteiger partial charge in [0.2, 0.25) is 10.0 Å². The summed E-state index contributed by atoms with van der Waals surface area (Å²) in [6.07, 6.45) is 0.815. The Balaban J connectivity index is 2.32. The quantitative estimate of drug-likeness (QED) is 0.633. The summed E-state index contributed by atoms with van der Waals surface area (Å²) in [4.78, 5) is 10.0. The van der Waals surface area contributed by atoms with E-state index in [4.69, 9.17) is 0 Å². The van der Waals surface area contributed by atoms with Gasteiger partial charge in [0.05, 0.1) is 21.3 Å². The summed E-state index contributed by atoms with van der Waals surface area (Å²) >= 11 is 0. The van der Waals surface area contributed by atoms with E-state index < -0.39 is 30.8 Å². The lowest BCUT2D eigenvalue weighted by molar-refractivity contribution is -0.385. The van der Waals surface area contributed by atoms with Gasteiger partial charge in [0.25, 0.3) is 5.69 Å². The van der Waals surface area contributed by atoms with Crippen molar-refractivity contribution in [3.63, 3.8) is 0 Å². The van der Waals surface area contributed by atoms with Crippen molar-refractivity contribution in [1.29, 1.82) is 0 Å². The first kappa shape index (κ1) is 16.8. The molecule has 0 spiro atoms. The van der Waals surface area contributed by atoms with Crippen LogP contribution in [0.2, 0.25) is 0 Å². The second-order valence-electron chi connectivity index (χ2n) is 5.23. The zero-order chi connectivity index (χ0) is 16.5. The van der Waals surface area contributed by atoms with Crippen LogP contribution in [0.25, 0.3) is 0 Å². The summed E-state index contributed by atoms with van der Waals surface area (Å²) < 4.78 is 50.2. The molecule has 1 saturated heterocycles. The molecule has 22 heavy (non-hydrogen) atoms. The van der Waals surface area contributed by atoms with Crippen LogP contribution in [0.3, 0.4) is 0 Å². The minimum Gasteiger partial charge on any atom is -0.258 e. The highest BCUT2D eigenvalue weighted by molar-refractivity contribution is 7.91. The van der Waals surface area contributed by atoms with Crippen LogP contribution in [0.4, 0.5) is 5.69 Å². The van der Waals surface area contributed by atoms with E-state index in [1.807, 2.05) is 0 Å². The van der Waals surface area contributed by atoms with Gasteiger partial charge in [-0.25, -0.2) is 21.6 Å². The number of benzene rings is 1. The first-order chi connectivity index (χ1) is 10.1. The van der Waals surface area contributed by atoms with Gasteiger partial charge in [-0.3, -0.25) is 10.1 Å². The largest absolute Gasteiger partial charge is 0.273 e. The van der Waals surface area contributed by atoms with Gasteiger partial charge in [0.1, 0.15) is 0 Å². The fraction of sp³-hybridized carbons (Fsp3) is 0.500. The number of nitro groups is 1. The molecule has 0 bridgehead atoms. The van der Waals surface area contributed by atoms with Crippen molar-refractivity contribution < 1.29 is 21.8 Å². The number of nitro benzene ring substituents is 1. The Morgan fingerprint density at radius 2 is 2.05 bits per heavy atom. The Morgan fingerprint density at radius 3 is 2.64 bits per heavy atom. The molecule has 1 atom stereocenters. The van der Waals surface area contributed by atoms with E-state index in [0.717, 1.165) is 0 Å². The van der Waals surface area contributed by atoms with Crippen LogP contribution in [-0.4, -0.2) is 39.3 Å². The number of nitrogens with zero attached hydrogens (tertiary/aromatic N) is 1. The third-order valence-corrected chi connectivity index (χ3v) is 7.01. The number of nitrogens with one attached hydrogen (secondary N) is 1. The Hall–Kier alpha value is -1.52. The number of sulfonamides is 1. The van der Waals surface area contributed by atoms with Gasteiger partial charge in [-0.15, -0.1) is 0 Å². The van der Waals surface area contributed by atoms with Gasteiger partial charge in [0, 0.05) is 17.7 Å². The van der Waals surface area contributed by atoms with Crippen LogP contribution in [0.15, 0.2) is 23.1 Å². The zero-order valence-electron chi connectivity index (χ0n) is 11.9. The molecule has 1 aliphatic rings. The Labute approximate surface area is 128 Å². The number of hydrogen-bond acceptors (Lipinski definition) is 6. The normalized spacial score (nSPS) is 21.4. The van der Waals surface area contributed by atoms with Crippen molar-refractivity contribution in [3.05, 3.63) is 33.9 Å². The van der Waals surface area contributed by atoms with Gasteiger partial charge in [0.15, 0.2) is 9.84 Å². The number of rotatable bonds is 4. The van der Waals surface area contributed by atoms with Gasteiger partial charge in [-0.05, 0) is 25.8 Å². The fourth-order valence-corrected chi connectivity index (χ4v) is 5.76. The summed E-state index contributed by atoms with van der Waals surface area (Å²) in [5, 5.41) is 10.9. The molecule has 0 radical (unpaired) electrons. The zero-order valence-corrected chi connectivity index (χ0v) is 13.5. The van der Waals surface area contributed by atoms with E-state index in [-0.39, 0.29) is 27.7 Å². The molecular weight excluding hydrogens is 332 g/mol. The summed E-state index contributed by atoms with van der Waals surface area (Å²) in [5.74, 6) is -0.193. The van der Waals surface area contributed by atoms with E-state index >= 15 is 0 Å². The predicted molar refractivity (Wildman–Crippen MR) is 79.8 cm³/mol. The first-order valence-electron chi connectivity index (χ1n) is 6.59. The molecule has 0 saturated carbocycles. The Kier molecular flexibility index (Phi) is 4.54. The third kappa shape index (κ3) is 3.62. The average molecular weight is 348 g/mol. The predicted octanol–water partition coefficient (Wildman–Crippen LogP) is 0.759. The van der Waals surface area contributed by atoms with E-state index in [2.05, 4.69) is 4.72 Å². The second-order valence-corrected chi connectivity index (χ2v) is 9.14. The molecule has 1 fully saturated rings. The molecule has 0 aliphatic carbocycles. The maximum absolute atomic E-state index is 12.4. The lowest BCUT2D eigenvalue weighted by Crippen LogP contribution is -2.43. The smallest absolute Gasteiger partial charge is 0.258 e. The second kappa shape index (κ2) is 5.94. The lowest BCUT2D eigenvalue weighted by atomic mass is 10.2. The summed E-state index contributed by atoms with van der Waals surface area (Å²) in [6, 6.07) is 3.07. The van der Waals surface area contributed by atoms with Gasteiger partial charge < -0.3 is 0 Å². The molecule has 1 N–H and O–H groups in total. The Bertz CT molecular complexity index is 801. The molecule has 8 nitrogen and oxygen atoms in total. The standard InChI is InChI=1S/C12H16N2O6S2/c1-9-11(14(15)16)5-2-6-12(9)22(19,20)13-10-4-3-7-21(17,18)8-10/h2,5-6,10,13H,3-4,7-8H2,1H3. The first-order valence-corrected chi connectivity index (χ1v) is 9.89. The summed E-state index contributed by atoms with van der Waals surface area (Å²) in [5.41, 5.74) is -0.266. The molecular formula is C12H16N2O6S2. The molecule has 1 aromatic carbocycles. The molecule has 0 amide bonds. The highest BCUT2D eigenvalue weighted by atomic mass is 32.2. The van der Waals surface area contributed by atoms with Crippen LogP contribution in [0.5, 0.6) is 0 Å². The fourth-order valence-electron chi connectivity index (χ4n) is 2.49. The van der Waals surface area contributed by atoms with Crippen molar-refractivity contribution >= 4 is 25.5 Å². The topological polar surface area (TPSA) is 123 Å². The maximum Gasteiger partial charge on any atom is 0.273 e. The number of hydrogen-bond donors (Lipinski definition) is 1. The van der Waals surface area contributed by atoms with Crippen molar-refractivity contribution in [1.82, 2.24) is 4.72 Å². The number of sulfone groups is 1. The van der Waals surface area contributed by atoms with E-state index in [1.54, 1.807) is 0 Å². The third-order valence-electron chi connectivity index (χ3n) is 3.53. The van der Waals surface area contributed by atoms with Crippen molar-refractivity contribution in [2.75, 3.05) is 11.5 Å². The van der Waals surface area contributed by atoms with E-state index in [1.165, 1.54) is 25.1 Å². The van der Waals surface area contributed by atoms with Crippen LogP contribution in [-0.2, 0) is 19.9 Å². The molecule has 10 heteroatoms. The van der Waals surface area contributed by atoms with Crippen LogP contribution in [0, 0.1) is 17.0 Å². The summed E-state index contributed by atoms with van der Waals surface area (Å²) in [6.45, 7) is 1.35. The summed E-state index contributed by atoms with van der Waals surface area (Å²) in [7, 11) is -7.27. The molecule has 2 rings (SSSR count). The lowest BCUT2D eigenvalue weighted by Gasteiger charge is -2.23. The average Bonchev–Trinajstić information content (AvgIpc) is 2.36. The van der Waals surface area contributed by atoms with Gasteiger partial charge >= 0.3 is 0 Å². The van der Waals surface area contributed by atoms with Crippen LogP contribution in [0.1, 0.15) is 18.4 Å². The molecule has 122 valence electrons. The van der Waals surface area contributed by atoms with E-state index in [0.29, 0.717) is 12.8 Å². The molecule has 0 aromatic heterocycles.